The molecule has 1 N–H and O–H groups in total. The zero-order valence-electron chi connectivity index (χ0n) is 11.3. The van der Waals surface area contributed by atoms with Crippen LogP contribution in [0.5, 0.6) is 0 Å². The summed E-state index contributed by atoms with van der Waals surface area (Å²) in [4.78, 5) is 7.16. The molecule has 3 nitrogen and oxygen atoms in total. The lowest BCUT2D eigenvalue weighted by Crippen LogP contribution is -2.53. The van der Waals surface area contributed by atoms with E-state index in [4.69, 9.17) is 0 Å². The average Bonchev–Trinajstić information content (AvgIpc) is 2.48. The molecule has 4 heteroatoms. The minimum atomic E-state index is 0.577. The molecule has 2 bridgehead atoms. The Labute approximate surface area is 127 Å². The summed E-state index contributed by atoms with van der Waals surface area (Å²) in [5, 5.41) is 4.94. The number of hydrogen-bond donors (Lipinski definition) is 1. The molecular formula is C16H18BrN3. The van der Waals surface area contributed by atoms with E-state index in [1.165, 1.54) is 43.5 Å². The third kappa shape index (κ3) is 2.21. The van der Waals surface area contributed by atoms with Crippen molar-refractivity contribution in [2.75, 3.05) is 25.0 Å². The van der Waals surface area contributed by atoms with Crippen LogP contribution in [0.25, 0.3) is 10.9 Å². The summed E-state index contributed by atoms with van der Waals surface area (Å²) in [6.45, 7) is 3.74. The standard InChI is InChI=1S/C16H18BrN3/c17-13-8-12-2-1-3-14(16(12)18-9-13)19-15-10-20-6-4-11(15)5-7-20/h1-3,8-9,11,15,19H,4-7,10H2. The number of halogens is 1. The fourth-order valence-corrected chi connectivity index (χ4v) is 3.93. The van der Waals surface area contributed by atoms with Gasteiger partial charge in [-0.05, 0) is 59.9 Å². The molecule has 3 aliphatic rings. The number of fused-ring (bicyclic) bond motifs is 4. The number of hydrogen-bond acceptors (Lipinski definition) is 3. The lowest BCUT2D eigenvalue weighted by molar-refractivity contribution is 0.0976. The first-order valence-electron chi connectivity index (χ1n) is 7.33. The second-order valence-corrected chi connectivity index (χ2v) is 6.84. The number of para-hydroxylation sites is 1. The highest BCUT2D eigenvalue weighted by molar-refractivity contribution is 9.10. The molecule has 3 fully saturated rings. The van der Waals surface area contributed by atoms with Gasteiger partial charge in [-0.3, -0.25) is 4.98 Å². The van der Waals surface area contributed by atoms with Crippen LogP contribution in [0.2, 0.25) is 0 Å². The van der Waals surface area contributed by atoms with Crippen molar-refractivity contribution >= 4 is 32.5 Å². The fraction of sp³-hybridized carbons (Fsp3) is 0.438. The number of pyridine rings is 1. The number of rotatable bonds is 2. The van der Waals surface area contributed by atoms with E-state index in [0.29, 0.717) is 6.04 Å². The third-order valence-electron chi connectivity index (χ3n) is 4.67. The molecule has 104 valence electrons. The summed E-state index contributed by atoms with van der Waals surface area (Å²) in [6, 6.07) is 9.09. The third-order valence-corrected chi connectivity index (χ3v) is 5.11. The number of nitrogens with one attached hydrogen (secondary N) is 1. The summed E-state index contributed by atoms with van der Waals surface area (Å²) < 4.78 is 1.03. The predicted molar refractivity (Wildman–Crippen MR) is 86.0 cm³/mol. The largest absolute Gasteiger partial charge is 0.379 e. The zero-order chi connectivity index (χ0) is 13.5. The van der Waals surface area contributed by atoms with E-state index in [0.717, 1.165) is 15.9 Å². The van der Waals surface area contributed by atoms with Gasteiger partial charge in [0.05, 0.1) is 11.2 Å². The molecule has 2 aromatic rings. The highest BCUT2D eigenvalue weighted by atomic mass is 79.9. The average molecular weight is 332 g/mol. The van der Waals surface area contributed by atoms with Crippen molar-refractivity contribution < 1.29 is 0 Å². The van der Waals surface area contributed by atoms with Gasteiger partial charge in [-0.25, -0.2) is 0 Å². The van der Waals surface area contributed by atoms with Crippen molar-refractivity contribution in [3.05, 3.63) is 34.9 Å². The van der Waals surface area contributed by atoms with E-state index < -0.39 is 0 Å². The monoisotopic (exact) mass is 331 g/mol. The molecule has 20 heavy (non-hydrogen) atoms. The molecule has 0 aliphatic carbocycles. The Hall–Kier alpha value is -1.13. The molecular weight excluding hydrogens is 314 g/mol. The molecule has 3 saturated heterocycles. The SMILES string of the molecule is Brc1cnc2c(NC3CN4CCC3CC4)cccc2c1. The van der Waals surface area contributed by atoms with Crippen LogP contribution in [0.4, 0.5) is 5.69 Å². The van der Waals surface area contributed by atoms with Gasteiger partial charge in [-0.15, -0.1) is 0 Å². The van der Waals surface area contributed by atoms with E-state index in [1.807, 2.05) is 6.20 Å². The molecule has 1 aromatic carbocycles. The van der Waals surface area contributed by atoms with Crippen molar-refractivity contribution in [2.24, 2.45) is 5.92 Å². The maximum atomic E-state index is 4.59. The maximum absolute atomic E-state index is 4.59. The van der Waals surface area contributed by atoms with Crippen LogP contribution in [-0.4, -0.2) is 35.6 Å². The van der Waals surface area contributed by atoms with Crippen LogP contribution in [0.1, 0.15) is 12.8 Å². The predicted octanol–water partition coefficient (Wildman–Crippen LogP) is 3.50. The van der Waals surface area contributed by atoms with E-state index in [2.05, 4.69) is 55.4 Å². The number of piperidine rings is 3. The molecule has 0 spiro atoms. The number of aromatic nitrogens is 1. The normalized spacial score (nSPS) is 28.8. The van der Waals surface area contributed by atoms with Gasteiger partial charge in [0, 0.05) is 28.6 Å². The number of nitrogens with zero attached hydrogens (tertiary/aromatic N) is 2. The van der Waals surface area contributed by atoms with Crippen LogP contribution >= 0.6 is 15.9 Å². The molecule has 1 aromatic heterocycles. The number of anilines is 1. The Morgan fingerprint density at radius 1 is 1.25 bits per heavy atom. The second-order valence-electron chi connectivity index (χ2n) is 5.92. The maximum Gasteiger partial charge on any atom is 0.0934 e. The van der Waals surface area contributed by atoms with Crippen molar-refractivity contribution in [3.63, 3.8) is 0 Å². The lowest BCUT2D eigenvalue weighted by Gasteiger charge is -2.45. The summed E-state index contributed by atoms with van der Waals surface area (Å²) in [5.41, 5.74) is 2.25. The Balaban J connectivity index is 1.65. The Kier molecular flexibility index (Phi) is 3.15. The smallest absolute Gasteiger partial charge is 0.0934 e. The molecule has 3 aliphatic heterocycles. The molecule has 0 radical (unpaired) electrons. The Morgan fingerprint density at radius 2 is 2.10 bits per heavy atom. The highest BCUT2D eigenvalue weighted by Gasteiger charge is 2.34. The molecule has 5 rings (SSSR count). The minimum absolute atomic E-state index is 0.577. The van der Waals surface area contributed by atoms with Crippen LogP contribution < -0.4 is 5.32 Å². The molecule has 1 atom stereocenters. The number of benzene rings is 1. The molecule has 4 heterocycles. The van der Waals surface area contributed by atoms with E-state index >= 15 is 0 Å². The lowest BCUT2D eigenvalue weighted by atomic mass is 9.84. The van der Waals surface area contributed by atoms with Gasteiger partial charge in [-0.2, -0.15) is 0 Å². The zero-order valence-corrected chi connectivity index (χ0v) is 12.9. The summed E-state index contributed by atoms with van der Waals surface area (Å²) in [6.07, 6.45) is 4.55. The van der Waals surface area contributed by atoms with Gasteiger partial charge in [-0.1, -0.05) is 12.1 Å². The van der Waals surface area contributed by atoms with Crippen molar-refractivity contribution in [2.45, 2.75) is 18.9 Å². The summed E-state index contributed by atoms with van der Waals surface area (Å²) in [5.74, 6) is 0.825. The van der Waals surface area contributed by atoms with E-state index in [-0.39, 0.29) is 0 Å². The van der Waals surface area contributed by atoms with Crippen LogP contribution in [0, 0.1) is 5.92 Å². The molecule has 1 unspecified atom stereocenters. The van der Waals surface area contributed by atoms with Crippen molar-refractivity contribution in [1.29, 1.82) is 0 Å². The topological polar surface area (TPSA) is 28.2 Å². The molecule has 0 saturated carbocycles. The first-order valence-corrected chi connectivity index (χ1v) is 8.12. The van der Waals surface area contributed by atoms with Crippen LogP contribution in [0.15, 0.2) is 34.9 Å². The summed E-state index contributed by atoms with van der Waals surface area (Å²) >= 11 is 3.49. The first kappa shape index (κ1) is 12.6. The highest BCUT2D eigenvalue weighted by Crippen LogP contribution is 2.31. The van der Waals surface area contributed by atoms with Gasteiger partial charge < -0.3 is 10.2 Å². The van der Waals surface area contributed by atoms with Crippen LogP contribution in [-0.2, 0) is 0 Å². The van der Waals surface area contributed by atoms with Crippen molar-refractivity contribution in [3.8, 4) is 0 Å². The van der Waals surface area contributed by atoms with E-state index in [1.54, 1.807) is 0 Å². The van der Waals surface area contributed by atoms with Gasteiger partial charge in [0.25, 0.3) is 0 Å². The van der Waals surface area contributed by atoms with Crippen LogP contribution in [0.3, 0.4) is 0 Å². The van der Waals surface area contributed by atoms with Crippen molar-refractivity contribution in [1.82, 2.24) is 9.88 Å². The van der Waals surface area contributed by atoms with Gasteiger partial charge >= 0.3 is 0 Å². The van der Waals surface area contributed by atoms with Gasteiger partial charge in [0.15, 0.2) is 0 Å². The minimum Gasteiger partial charge on any atom is -0.379 e. The Bertz CT molecular complexity index is 635. The Morgan fingerprint density at radius 3 is 2.85 bits per heavy atom. The van der Waals surface area contributed by atoms with Gasteiger partial charge in [0.2, 0.25) is 0 Å². The summed E-state index contributed by atoms with van der Waals surface area (Å²) in [7, 11) is 0. The molecule has 0 amide bonds. The van der Waals surface area contributed by atoms with E-state index in [9.17, 15) is 0 Å². The fourth-order valence-electron chi connectivity index (χ4n) is 3.58. The second kappa shape index (κ2) is 5.01. The first-order chi connectivity index (χ1) is 9.79. The quantitative estimate of drug-likeness (QED) is 0.912. The van der Waals surface area contributed by atoms with Gasteiger partial charge in [0.1, 0.15) is 0 Å².